The summed E-state index contributed by atoms with van der Waals surface area (Å²) in [5.74, 6) is 0.627. The molecule has 0 fully saturated rings. The summed E-state index contributed by atoms with van der Waals surface area (Å²) in [6.07, 6.45) is 1.78. The van der Waals surface area contributed by atoms with Gasteiger partial charge in [0.05, 0.1) is 12.4 Å². The number of rotatable bonds is 8. The largest absolute Gasteiger partial charge is 0.493 e. The van der Waals surface area contributed by atoms with Gasteiger partial charge in [0.15, 0.2) is 0 Å². The van der Waals surface area contributed by atoms with Crippen molar-refractivity contribution in [2.75, 3.05) is 12.4 Å². The molecule has 0 N–H and O–H groups in total. The van der Waals surface area contributed by atoms with E-state index in [9.17, 15) is 8.42 Å². The molecule has 1 aromatic rings. The zero-order valence-electron chi connectivity index (χ0n) is 13.2. The van der Waals surface area contributed by atoms with E-state index in [0.717, 1.165) is 12.2 Å². The van der Waals surface area contributed by atoms with E-state index < -0.39 is 9.05 Å². The van der Waals surface area contributed by atoms with Crippen LogP contribution in [0.3, 0.4) is 0 Å². The van der Waals surface area contributed by atoms with Crippen LogP contribution in [0.1, 0.15) is 46.1 Å². The van der Waals surface area contributed by atoms with Crippen LogP contribution in [-0.4, -0.2) is 20.8 Å². The van der Waals surface area contributed by atoms with Gasteiger partial charge < -0.3 is 4.74 Å². The first kappa shape index (κ1) is 18.3. The van der Waals surface area contributed by atoms with E-state index in [-0.39, 0.29) is 17.1 Å². The highest BCUT2D eigenvalue weighted by Gasteiger charge is 2.18. The Morgan fingerprint density at radius 3 is 2.19 bits per heavy atom. The summed E-state index contributed by atoms with van der Waals surface area (Å²) < 4.78 is 27.9. The van der Waals surface area contributed by atoms with Crippen LogP contribution in [0.4, 0.5) is 0 Å². The molecule has 0 aliphatic rings. The molecule has 21 heavy (non-hydrogen) atoms. The molecule has 0 radical (unpaired) electrons. The van der Waals surface area contributed by atoms with Gasteiger partial charge in [-0.3, -0.25) is 0 Å². The second-order valence-electron chi connectivity index (χ2n) is 6.05. The fraction of sp³-hybridized carbons (Fsp3) is 0.625. The van der Waals surface area contributed by atoms with Crippen molar-refractivity contribution < 1.29 is 13.2 Å². The van der Waals surface area contributed by atoms with Gasteiger partial charge in [0.25, 0.3) is 0 Å². The third-order valence-corrected chi connectivity index (χ3v) is 5.27. The van der Waals surface area contributed by atoms with Crippen molar-refractivity contribution in [3.8, 4) is 5.75 Å². The molecule has 0 amide bonds. The first-order chi connectivity index (χ1) is 9.68. The summed E-state index contributed by atoms with van der Waals surface area (Å²) in [7, 11) is 1.81. The lowest BCUT2D eigenvalue weighted by Gasteiger charge is -2.23. The fourth-order valence-electron chi connectivity index (χ4n) is 1.99. The third kappa shape index (κ3) is 6.27. The van der Waals surface area contributed by atoms with Crippen molar-refractivity contribution in [1.29, 1.82) is 0 Å². The maximum absolute atomic E-state index is 11.1. The monoisotopic (exact) mass is 332 g/mol. The Bertz CT molecular complexity index is 535. The first-order valence-corrected chi connectivity index (χ1v) is 9.81. The van der Waals surface area contributed by atoms with Crippen LogP contribution in [0.2, 0.25) is 0 Å². The minimum absolute atomic E-state index is 0.0496. The minimum atomic E-state index is -3.48. The van der Waals surface area contributed by atoms with E-state index in [0.29, 0.717) is 13.0 Å². The molecule has 0 aliphatic carbocycles. The second kappa shape index (κ2) is 7.50. The van der Waals surface area contributed by atoms with Crippen molar-refractivity contribution in [3.05, 3.63) is 29.8 Å². The quantitative estimate of drug-likeness (QED) is 0.665. The van der Waals surface area contributed by atoms with E-state index in [4.69, 9.17) is 15.4 Å². The zero-order chi connectivity index (χ0) is 16.1. The third-order valence-electron chi connectivity index (χ3n) is 4.02. The zero-order valence-corrected chi connectivity index (χ0v) is 14.8. The summed E-state index contributed by atoms with van der Waals surface area (Å²) in [6.45, 7) is 8.88. The highest BCUT2D eigenvalue weighted by Crippen LogP contribution is 2.28. The van der Waals surface area contributed by atoms with Crippen molar-refractivity contribution in [2.24, 2.45) is 5.92 Å². The van der Waals surface area contributed by atoms with Crippen LogP contribution in [0.25, 0.3) is 0 Å². The minimum Gasteiger partial charge on any atom is -0.493 e. The molecule has 1 aromatic carbocycles. The maximum atomic E-state index is 11.1. The normalized spacial score (nSPS) is 14.0. The Morgan fingerprint density at radius 1 is 1.19 bits per heavy atom. The maximum Gasteiger partial charge on any atom is 0.232 e. The van der Waals surface area contributed by atoms with Crippen molar-refractivity contribution in [2.45, 2.75) is 46.0 Å². The predicted molar refractivity (Wildman–Crippen MR) is 88.7 cm³/mol. The Hall–Kier alpha value is -0.740. The van der Waals surface area contributed by atoms with Crippen LogP contribution < -0.4 is 4.74 Å². The van der Waals surface area contributed by atoms with Gasteiger partial charge in [-0.25, -0.2) is 8.42 Å². The highest BCUT2D eigenvalue weighted by molar-refractivity contribution is 8.13. The van der Waals surface area contributed by atoms with Gasteiger partial charge in [-0.15, -0.1) is 0 Å². The van der Waals surface area contributed by atoms with E-state index in [1.165, 1.54) is 5.56 Å². The second-order valence-corrected chi connectivity index (χ2v) is 8.87. The molecule has 1 rings (SSSR count). The molecule has 0 aliphatic heterocycles. The number of hydrogen-bond donors (Lipinski definition) is 0. The van der Waals surface area contributed by atoms with Crippen molar-refractivity contribution in [1.82, 2.24) is 0 Å². The molecule has 0 heterocycles. The standard InChI is InChI=1S/C16H25ClO3S/c1-5-13(12-21(17,18)19)11-20-15-9-7-14(8-10-15)16(3,4)6-2/h7-10,13H,5-6,11-12H2,1-4H3. The van der Waals surface area contributed by atoms with Gasteiger partial charge in [0.1, 0.15) is 5.75 Å². The summed E-state index contributed by atoms with van der Waals surface area (Å²) >= 11 is 0. The molecular weight excluding hydrogens is 308 g/mol. The van der Waals surface area contributed by atoms with Gasteiger partial charge in [0, 0.05) is 16.6 Å². The molecule has 0 spiro atoms. The van der Waals surface area contributed by atoms with Crippen molar-refractivity contribution >= 4 is 19.7 Å². The van der Waals surface area contributed by atoms with Gasteiger partial charge in [-0.05, 0) is 36.0 Å². The van der Waals surface area contributed by atoms with Gasteiger partial charge >= 0.3 is 0 Å². The SMILES string of the molecule is CCC(COc1ccc(C(C)(C)CC)cc1)CS(=O)(=O)Cl. The van der Waals surface area contributed by atoms with Crippen LogP contribution in [0.15, 0.2) is 24.3 Å². The number of benzene rings is 1. The molecular formula is C16H25ClO3S. The van der Waals surface area contributed by atoms with Crippen LogP contribution in [0, 0.1) is 5.92 Å². The molecule has 5 heteroatoms. The number of ether oxygens (including phenoxy) is 1. The average Bonchev–Trinajstić information content (AvgIpc) is 2.42. The predicted octanol–water partition coefficient (Wildman–Crippen LogP) is 4.35. The molecule has 0 bridgehead atoms. The Labute approximate surface area is 133 Å². The average molecular weight is 333 g/mol. The Kier molecular flexibility index (Phi) is 6.54. The van der Waals surface area contributed by atoms with Gasteiger partial charge in [-0.1, -0.05) is 39.8 Å². The highest BCUT2D eigenvalue weighted by atomic mass is 35.7. The van der Waals surface area contributed by atoms with Crippen LogP contribution in [-0.2, 0) is 14.5 Å². The number of hydrogen-bond acceptors (Lipinski definition) is 3. The van der Waals surface area contributed by atoms with Crippen LogP contribution in [0.5, 0.6) is 5.75 Å². The molecule has 1 unspecified atom stereocenters. The summed E-state index contributed by atoms with van der Waals surface area (Å²) in [5, 5.41) is 0. The lowest BCUT2D eigenvalue weighted by molar-refractivity contribution is 0.258. The van der Waals surface area contributed by atoms with E-state index >= 15 is 0 Å². The Balaban J connectivity index is 2.64. The lowest BCUT2D eigenvalue weighted by Crippen LogP contribution is -2.19. The summed E-state index contributed by atoms with van der Waals surface area (Å²) in [5.41, 5.74) is 1.42. The molecule has 3 nitrogen and oxygen atoms in total. The smallest absolute Gasteiger partial charge is 0.232 e. The van der Waals surface area contributed by atoms with E-state index in [1.54, 1.807) is 0 Å². The van der Waals surface area contributed by atoms with Crippen molar-refractivity contribution in [3.63, 3.8) is 0 Å². The first-order valence-electron chi connectivity index (χ1n) is 7.33. The number of halogens is 1. The molecule has 0 saturated heterocycles. The molecule has 0 aromatic heterocycles. The summed E-state index contributed by atoms with van der Waals surface area (Å²) in [4.78, 5) is 0. The fourth-order valence-corrected chi connectivity index (χ4v) is 3.42. The molecule has 0 saturated carbocycles. The van der Waals surface area contributed by atoms with Gasteiger partial charge in [0.2, 0.25) is 9.05 Å². The van der Waals surface area contributed by atoms with E-state index in [1.807, 2.05) is 19.1 Å². The Morgan fingerprint density at radius 2 is 1.76 bits per heavy atom. The van der Waals surface area contributed by atoms with Gasteiger partial charge in [-0.2, -0.15) is 0 Å². The topological polar surface area (TPSA) is 43.4 Å². The summed E-state index contributed by atoms with van der Waals surface area (Å²) in [6, 6.07) is 8.01. The van der Waals surface area contributed by atoms with E-state index in [2.05, 4.69) is 32.9 Å². The van der Waals surface area contributed by atoms with Crippen LogP contribution >= 0.6 is 10.7 Å². The molecule has 120 valence electrons. The lowest BCUT2D eigenvalue weighted by atomic mass is 9.82. The molecule has 1 atom stereocenters.